The summed E-state index contributed by atoms with van der Waals surface area (Å²) >= 11 is 0. The van der Waals surface area contributed by atoms with Crippen LogP contribution in [0.1, 0.15) is 5.56 Å². The van der Waals surface area contributed by atoms with E-state index in [0.29, 0.717) is 6.42 Å². The first-order valence-corrected chi connectivity index (χ1v) is 4.78. The molecule has 0 heterocycles. The Morgan fingerprint density at radius 3 is 2.87 bits per heavy atom. The van der Waals surface area contributed by atoms with Gasteiger partial charge in [0.05, 0.1) is 19.6 Å². The lowest BCUT2D eigenvalue weighted by Crippen LogP contribution is -1.87. The van der Waals surface area contributed by atoms with Gasteiger partial charge in [-0.3, -0.25) is 0 Å². The number of hydrogen-bond donors (Lipinski definition) is 0. The van der Waals surface area contributed by atoms with Crippen LogP contribution in [-0.2, 0) is 6.42 Å². The molecule has 0 aromatic heterocycles. The van der Waals surface area contributed by atoms with E-state index in [4.69, 9.17) is 10.00 Å². The van der Waals surface area contributed by atoms with Crippen LogP contribution < -0.4 is 4.74 Å². The summed E-state index contributed by atoms with van der Waals surface area (Å²) < 4.78 is 5.28. The van der Waals surface area contributed by atoms with Gasteiger partial charge in [0, 0.05) is 5.39 Å². The molecule has 0 aliphatic rings. The summed E-state index contributed by atoms with van der Waals surface area (Å²) in [6, 6.07) is 14.1. The fourth-order valence-corrected chi connectivity index (χ4v) is 1.67. The third kappa shape index (κ3) is 1.77. The van der Waals surface area contributed by atoms with Gasteiger partial charge in [0.15, 0.2) is 0 Å². The Kier molecular flexibility index (Phi) is 2.55. The third-order valence-corrected chi connectivity index (χ3v) is 2.41. The molecule has 0 saturated carbocycles. The molecule has 2 heteroatoms. The van der Waals surface area contributed by atoms with E-state index in [2.05, 4.69) is 6.07 Å². The molecule has 2 rings (SSSR count). The maximum Gasteiger partial charge on any atom is 0.126 e. The first-order chi connectivity index (χ1) is 7.35. The minimum atomic E-state index is 0.438. The lowest BCUT2D eigenvalue weighted by atomic mass is 10.0. The average Bonchev–Trinajstić information content (AvgIpc) is 2.28. The van der Waals surface area contributed by atoms with Gasteiger partial charge in [-0.15, -0.1) is 0 Å². The molecule has 0 fully saturated rings. The van der Waals surface area contributed by atoms with Crippen molar-refractivity contribution in [3.63, 3.8) is 0 Å². The number of rotatable bonds is 2. The number of hydrogen-bond acceptors (Lipinski definition) is 2. The van der Waals surface area contributed by atoms with Crippen LogP contribution >= 0.6 is 0 Å². The molecule has 0 amide bonds. The summed E-state index contributed by atoms with van der Waals surface area (Å²) in [5, 5.41) is 10.8. The predicted molar refractivity (Wildman–Crippen MR) is 59.8 cm³/mol. The van der Waals surface area contributed by atoms with Crippen LogP contribution in [0, 0.1) is 11.3 Å². The predicted octanol–water partition coefficient (Wildman–Crippen LogP) is 2.91. The second-order valence-corrected chi connectivity index (χ2v) is 3.35. The molecule has 0 aliphatic carbocycles. The topological polar surface area (TPSA) is 33.0 Å². The van der Waals surface area contributed by atoms with Gasteiger partial charge in [-0.1, -0.05) is 24.3 Å². The Labute approximate surface area is 88.7 Å². The van der Waals surface area contributed by atoms with Gasteiger partial charge >= 0.3 is 0 Å². The molecule has 0 saturated heterocycles. The summed E-state index contributed by atoms with van der Waals surface area (Å²) in [6.07, 6.45) is 0.438. The van der Waals surface area contributed by atoms with Gasteiger partial charge in [0.1, 0.15) is 5.75 Å². The fraction of sp³-hybridized carbons (Fsp3) is 0.154. The van der Waals surface area contributed by atoms with Crippen molar-refractivity contribution in [3.8, 4) is 11.8 Å². The van der Waals surface area contributed by atoms with Crippen LogP contribution in [0.5, 0.6) is 5.75 Å². The summed E-state index contributed by atoms with van der Waals surface area (Å²) in [6.45, 7) is 0. The summed E-state index contributed by atoms with van der Waals surface area (Å²) in [7, 11) is 1.66. The van der Waals surface area contributed by atoms with E-state index in [1.807, 2.05) is 36.4 Å². The average molecular weight is 197 g/mol. The van der Waals surface area contributed by atoms with E-state index in [9.17, 15) is 0 Å². The van der Waals surface area contributed by atoms with Crippen molar-refractivity contribution in [1.29, 1.82) is 5.26 Å². The highest BCUT2D eigenvalue weighted by Gasteiger charge is 2.01. The Balaban J connectivity index is 2.63. The van der Waals surface area contributed by atoms with Crippen LogP contribution in [0.4, 0.5) is 0 Å². The zero-order chi connectivity index (χ0) is 10.7. The van der Waals surface area contributed by atoms with Crippen molar-refractivity contribution in [3.05, 3.63) is 42.0 Å². The quantitative estimate of drug-likeness (QED) is 0.741. The third-order valence-electron chi connectivity index (χ3n) is 2.41. The highest BCUT2D eigenvalue weighted by molar-refractivity contribution is 5.88. The molecule has 2 nitrogen and oxygen atoms in total. The highest BCUT2D eigenvalue weighted by atomic mass is 16.5. The van der Waals surface area contributed by atoms with E-state index in [1.165, 1.54) is 0 Å². The number of nitriles is 1. The van der Waals surface area contributed by atoms with E-state index >= 15 is 0 Å². The molecule has 0 unspecified atom stereocenters. The van der Waals surface area contributed by atoms with Crippen molar-refractivity contribution < 1.29 is 4.74 Å². The summed E-state index contributed by atoms with van der Waals surface area (Å²) in [4.78, 5) is 0. The lowest BCUT2D eigenvalue weighted by Gasteiger charge is -2.05. The molecule has 0 atom stereocenters. The number of methoxy groups -OCH3 is 1. The van der Waals surface area contributed by atoms with Crippen LogP contribution in [0.2, 0.25) is 0 Å². The van der Waals surface area contributed by atoms with E-state index < -0.39 is 0 Å². The van der Waals surface area contributed by atoms with E-state index in [0.717, 1.165) is 22.1 Å². The zero-order valence-electron chi connectivity index (χ0n) is 8.53. The summed E-state index contributed by atoms with van der Waals surface area (Å²) in [5.41, 5.74) is 1.02. The maximum atomic E-state index is 8.64. The highest BCUT2D eigenvalue weighted by Crippen LogP contribution is 2.26. The first-order valence-electron chi connectivity index (χ1n) is 4.78. The lowest BCUT2D eigenvalue weighted by molar-refractivity contribution is 0.420. The fourth-order valence-electron chi connectivity index (χ4n) is 1.67. The van der Waals surface area contributed by atoms with Crippen LogP contribution in [-0.4, -0.2) is 7.11 Å². The SMILES string of the molecule is COc1cccc2ccc(CC#N)cc12. The second-order valence-electron chi connectivity index (χ2n) is 3.35. The molecule has 0 N–H and O–H groups in total. The zero-order valence-corrected chi connectivity index (χ0v) is 8.53. The van der Waals surface area contributed by atoms with Gasteiger partial charge in [0.25, 0.3) is 0 Å². The van der Waals surface area contributed by atoms with Gasteiger partial charge in [-0.25, -0.2) is 0 Å². The van der Waals surface area contributed by atoms with Crippen molar-refractivity contribution >= 4 is 10.8 Å². The molecule has 0 bridgehead atoms. The molecule has 0 aliphatic heterocycles. The van der Waals surface area contributed by atoms with Gasteiger partial charge in [0.2, 0.25) is 0 Å². The molecule has 0 spiro atoms. The molecular weight excluding hydrogens is 186 g/mol. The Morgan fingerprint density at radius 1 is 1.27 bits per heavy atom. The smallest absolute Gasteiger partial charge is 0.126 e. The van der Waals surface area contributed by atoms with Crippen molar-refractivity contribution in [1.82, 2.24) is 0 Å². The van der Waals surface area contributed by atoms with Crippen LogP contribution in [0.25, 0.3) is 10.8 Å². The number of ether oxygens (including phenoxy) is 1. The molecule has 0 radical (unpaired) electrons. The van der Waals surface area contributed by atoms with Gasteiger partial charge < -0.3 is 4.74 Å². The van der Waals surface area contributed by atoms with Crippen LogP contribution in [0.15, 0.2) is 36.4 Å². The maximum absolute atomic E-state index is 8.64. The van der Waals surface area contributed by atoms with Gasteiger partial charge in [-0.2, -0.15) is 5.26 Å². The molecule has 15 heavy (non-hydrogen) atoms. The number of nitrogens with zero attached hydrogens (tertiary/aromatic N) is 1. The minimum Gasteiger partial charge on any atom is -0.496 e. The van der Waals surface area contributed by atoms with Crippen molar-refractivity contribution in [2.45, 2.75) is 6.42 Å². The molecular formula is C13H11NO. The monoisotopic (exact) mass is 197 g/mol. The van der Waals surface area contributed by atoms with Crippen molar-refractivity contribution in [2.75, 3.05) is 7.11 Å². The largest absolute Gasteiger partial charge is 0.496 e. The van der Waals surface area contributed by atoms with Gasteiger partial charge in [-0.05, 0) is 23.1 Å². The van der Waals surface area contributed by atoms with Crippen LogP contribution in [0.3, 0.4) is 0 Å². The molecule has 2 aromatic rings. The summed E-state index contributed by atoms with van der Waals surface area (Å²) in [5.74, 6) is 0.854. The van der Waals surface area contributed by atoms with E-state index in [-0.39, 0.29) is 0 Å². The first kappa shape index (κ1) is 9.54. The molecule has 74 valence electrons. The van der Waals surface area contributed by atoms with Crippen molar-refractivity contribution in [2.24, 2.45) is 0 Å². The number of benzene rings is 2. The number of fused-ring (bicyclic) bond motifs is 1. The van der Waals surface area contributed by atoms with E-state index in [1.54, 1.807) is 7.11 Å². The molecule has 2 aromatic carbocycles. The minimum absolute atomic E-state index is 0.438. The Bertz CT molecular complexity index is 526. The Hall–Kier alpha value is -2.01. The normalized spacial score (nSPS) is 9.87. The standard InChI is InChI=1S/C13H11NO/c1-15-13-4-2-3-11-6-5-10(7-8-14)9-12(11)13/h2-6,9H,7H2,1H3. The Morgan fingerprint density at radius 2 is 2.13 bits per heavy atom. The second kappa shape index (κ2) is 4.02.